The maximum absolute atomic E-state index is 8.90. The Bertz CT molecular complexity index is 721. The lowest BCUT2D eigenvalue weighted by molar-refractivity contribution is 0.311. The summed E-state index contributed by atoms with van der Waals surface area (Å²) in [7, 11) is 0. The topological polar surface area (TPSA) is 62.5 Å². The highest BCUT2D eigenvalue weighted by Crippen LogP contribution is 2.31. The molecule has 0 aromatic carbocycles. The number of imidazole rings is 1. The minimum atomic E-state index is 0.0684. The number of rotatable bonds is 3. The Morgan fingerprint density at radius 1 is 1.56 bits per heavy atom. The summed E-state index contributed by atoms with van der Waals surface area (Å²) in [5, 5.41) is 12.0. The maximum atomic E-state index is 8.90. The smallest absolute Gasteiger partial charge is 0.181 e. The average Bonchev–Trinajstić information content (AvgIpc) is 2.89. The molecule has 0 saturated heterocycles. The number of fused-ring (bicyclic) bond motifs is 3. The normalized spacial score (nSPS) is 11.5. The van der Waals surface area contributed by atoms with E-state index in [1.807, 2.05) is 19.2 Å². The fourth-order valence-corrected chi connectivity index (χ4v) is 3.47. The van der Waals surface area contributed by atoms with Crippen molar-refractivity contribution in [1.29, 1.82) is 0 Å². The van der Waals surface area contributed by atoms with E-state index >= 15 is 0 Å². The number of nitrogens with zero attached hydrogens (tertiary/aromatic N) is 3. The summed E-state index contributed by atoms with van der Waals surface area (Å²) >= 11 is 5.12. The highest BCUT2D eigenvalue weighted by molar-refractivity contribution is 9.11. The molecule has 0 spiro atoms. The molecule has 3 heterocycles. The van der Waals surface area contributed by atoms with Gasteiger partial charge in [-0.2, -0.15) is 0 Å². The molecule has 0 aliphatic heterocycles. The quantitative estimate of drug-likeness (QED) is 0.776. The molecule has 0 amide bonds. The van der Waals surface area contributed by atoms with Crippen molar-refractivity contribution in [3.63, 3.8) is 0 Å². The van der Waals surface area contributed by atoms with Gasteiger partial charge in [-0.25, -0.2) is 9.97 Å². The molecule has 0 saturated carbocycles. The maximum Gasteiger partial charge on any atom is 0.181 e. The van der Waals surface area contributed by atoms with Crippen LogP contribution in [0, 0.1) is 6.92 Å². The van der Waals surface area contributed by atoms with E-state index in [4.69, 9.17) is 5.11 Å². The van der Waals surface area contributed by atoms with Gasteiger partial charge in [-0.1, -0.05) is 0 Å². The minimum Gasteiger partial charge on any atom is -0.395 e. The van der Waals surface area contributed by atoms with E-state index in [1.165, 1.54) is 0 Å². The summed E-state index contributed by atoms with van der Waals surface area (Å²) in [5.74, 6) is 0.704. The lowest BCUT2D eigenvalue weighted by atomic mass is 10.4. The molecule has 94 valence electrons. The van der Waals surface area contributed by atoms with Crippen molar-refractivity contribution in [2.75, 3.05) is 18.5 Å². The van der Waals surface area contributed by atoms with E-state index in [9.17, 15) is 0 Å². The molecule has 5 nitrogen and oxygen atoms in total. The summed E-state index contributed by atoms with van der Waals surface area (Å²) < 4.78 is 3.12. The fraction of sp³-hybridized carbons (Fsp3) is 0.273. The van der Waals surface area contributed by atoms with Crippen molar-refractivity contribution in [2.45, 2.75) is 6.92 Å². The van der Waals surface area contributed by atoms with E-state index in [0.717, 1.165) is 25.5 Å². The Morgan fingerprint density at radius 3 is 3.17 bits per heavy atom. The minimum absolute atomic E-state index is 0.0684. The summed E-state index contributed by atoms with van der Waals surface area (Å²) in [6.07, 6.45) is 1.83. The summed E-state index contributed by atoms with van der Waals surface area (Å²) in [5.41, 5.74) is 2.78. The summed E-state index contributed by atoms with van der Waals surface area (Å²) in [4.78, 5) is 10.00. The van der Waals surface area contributed by atoms with Crippen molar-refractivity contribution in [2.24, 2.45) is 0 Å². The van der Waals surface area contributed by atoms with Crippen LogP contribution in [0.3, 0.4) is 0 Å². The van der Waals surface area contributed by atoms with Crippen LogP contribution in [0.25, 0.3) is 16.0 Å². The van der Waals surface area contributed by atoms with Gasteiger partial charge in [0.15, 0.2) is 11.5 Å². The third-order valence-corrected chi connectivity index (χ3v) is 4.27. The molecule has 0 radical (unpaired) electrons. The van der Waals surface area contributed by atoms with Crippen molar-refractivity contribution in [3.05, 3.63) is 21.7 Å². The van der Waals surface area contributed by atoms with Gasteiger partial charge in [0.2, 0.25) is 0 Å². The zero-order valence-electron chi connectivity index (χ0n) is 9.64. The summed E-state index contributed by atoms with van der Waals surface area (Å²) in [6.45, 7) is 2.55. The van der Waals surface area contributed by atoms with E-state index in [0.29, 0.717) is 12.4 Å². The van der Waals surface area contributed by atoms with Gasteiger partial charge in [-0.15, -0.1) is 11.3 Å². The van der Waals surface area contributed by atoms with Crippen LogP contribution in [0.4, 0.5) is 5.82 Å². The molecule has 0 bridgehead atoms. The van der Waals surface area contributed by atoms with E-state index in [-0.39, 0.29) is 6.61 Å². The van der Waals surface area contributed by atoms with Crippen molar-refractivity contribution >= 4 is 49.1 Å². The Kier molecular flexibility index (Phi) is 2.96. The van der Waals surface area contributed by atoms with Crippen LogP contribution in [0.5, 0.6) is 0 Å². The first-order valence-corrected chi connectivity index (χ1v) is 7.09. The molecule has 3 rings (SSSR count). The average molecular weight is 327 g/mol. The molecule has 7 heteroatoms. The number of aromatic nitrogens is 3. The fourth-order valence-electron chi connectivity index (χ4n) is 1.91. The van der Waals surface area contributed by atoms with Crippen LogP contribution >= 0.6 is 27.3 Å². The summed E-state index contributed by atoms with van der Waals surface area (Å²) in [6, 6.07) is 1.99. The lowest BCUT2D eigenvalue weighted by Crippen LogP contribution is -2.08. The number of halogens is 1. The molecular weight excluding hydrogens is 316 g/mol. The largest absolute Gasteiger partial charge is 0.395 e. The van der Waals surface area contributed by atoms with Crippen LogP contribution in [0.15, 0.2) is 16.0 Å². The van der Waals surface area contributed by atoms with Gasteiger partial charge in [0.05, 0.1) is 10.4 Å². The molecule has 0 unspecified atom stereocenters. The number of aliphatic hydroxyl groups excluding tert-OH is 1. The number of thiophene rings is 1. The monoisotopic (exact) mass is 326 g/mol. The second-order valence-corrected chi connectivity index (χ2v) is 6.32. The first kappa shape index (κ1) is 11.9. The van der Waals surface area contributed by atoms with Gasteiger partial charge < -0.3 is 10.4 Å². The van der Waals surface area contributed by atoms with Crippen molar-refractivity contribution < 1.29 is 5.11 Å². The number of aryl methyl sites for hydroxylation is 1. The van der Waals surface area contributed by atoms with Crippen LogP contribution in [-0.2, 0) is 0 Å². The van der Waals surface area contributed by atoms with Gasteiger partial charge in [0.25, 0.3) is 0 Å². The molecule has 3 aromatic rings. The van der Waals surface area contributed by atoms with Gasteiger partial charge in [-0.3, -0.25) is 4.40 Å². The van der Waals surface area contributed by atoms with E-state index in [1.54, 1.807) is 11.3 Å². The third-order valence-electron chi connectivity index (χ3n) is 2.65. The second-order valence-electron chi connectivity index (χ2n) is 3.91. The second kappa shape index (κ2) is 4.49. The van der Waals surface area contributed by atoms with Crippen molar-refractivity contribution in [1.82, 2.24) is 14.4 Å². The molecule has 18 heavy (non-hydrogen) atoms. The predicted octanol–water partition coefficient (Wildman–Crippen LogP) is 2.42. The van der Waals surface area contributed by atoms with Crippen molar-refractivity contribution in [3.8, 4) is 0 Å². The highest BCUT2D eigenvalue weighted by atomic mass is 79.9. The van der Waals surface area contributed by atoms with E-state index < -0.39 is 0 Å². The van der Waals surface area contributed by atoms with E-state index in [2.05, 4.69) is 35.6 Å². The first-order chi connectivity index (χ1) is 8.70. The highest BCUT2D eigenvalue weighted by Gasteiger charge is 2.13. The standard InChI is InChI=1S/C11H11BrN4OS/c1-6-5-14-10-9(13-2-3-17)15-7-4-8(12)18-11(7)16(6)10/h4-5,17H,2-3H2,1H3,(H,13,15). The number of aliphatic hydroxyl groups is 1. The van der Waals surface area contributed by atoms with Gasteiger partial charge in [0, 0.05) is 18.4 Å². The first-order valence-electron chi connectivity index (χ1n) is 5.48. The Balaban J connectivity index is 2.33. The SMILES string of the molecule is Cc1cnc2c(NCCO)nc3cc(Br)sc3n12. The molecule has 3 aromatic heterocycles. The van der Waals surface area contributed by atoms with Gasteiger partial charge >= 0.3 is 0 Å². The van der Waals surface area contributed by atoms with Crippen LogP contribution in [-0.4, -0.2) is 32.6 Å². The molecule has 0 atom stereocenters. The molecular formula is C11H11BrN4OS. The zero-order valence-corrected chi connectivity index (χ0v) is 12.0. The van der Waals surface area contributed by atoms with Gasteiger partial charge in [-0.05, 0) is 28.9 Å². The number of hydrogen-bond donors (Lipinski definition) is 2. The molecule has 0 fully saturated rings. The zero-order chi connectivity index (χ0) is 12.7. The predicted molar refractivity (Wildman–Crippen MR) is 76.4 cm³/mol. The van der Waals surface area contributed by atoms with Crippen LogP contribution in [0.2, 0.25) is 0 Å². The Labute approximate surface area is 116 Å². The number of nitrogens with one attached hydrogen (secondary N) is 1. The molecule has 0 aliphatic rings. The van der Waals surface area contributed by atoms with Crippen LogP contribution < -0.4 is 5.32 Å². The van der Waals surface area contributed by atoms with Gasteiger partial charge in [0.1, 0.15) is 10.3 Å². The van der Waals surface area contributed by atoms with Crippen LogP contribution in [0.1, 0.15) is 5.69 Å². The Hall–Kier alpha value is -1.18. The Morgan fingerprint density at radius 2 is 2.39 bits per heavy atom. The number of hydrogen-bond acceptors (Lipinski definition) is 5. The third kappa shape index (κ3) is 1.79. The molecule has 0 aliphatic carbocycles. The molecule has 2 N–H and O–H groups in total. The number of anilines is 1. The lowest BCUT2D eigenvalue weighted by Gasteiger charge is -2.06.